The summed E-state index contributed by atoms with van der Waals surface area (Å²) >= 11 is 3.27. The van der Waals surface area contributed by atoms with Crippen molar-refractivity contribution in [2.45, 2.75) is 25.8 Å². The molecule has 4 nitrogen and oxygen atoms in total. The van der Waals surface area contributed by atoms with E-state index in [1.807, 2.05) is 16.3 Å². The van der Waals surface area contributed by atoms with Crippen molar-refractivity contribution in [3.05, 3.63) is 53.5 Å². The Balaban J connectivity index is 1.54. The Morgan fingerprint density at radius 1 is 1.22 bits per heavy atom. The maximum absolute atomic E-state index is 13.0. The molecule has 1 aliphatic rings. The second kappa shape index (κ2) is 8.33. The van der Waals surface area contributed by atoms with Crippen molar-refractivity contribution in [3.63, 3.8) is 0 Å². The highest BCUT2D eigenvalue weighted by atomic mass is 32.1. The molecule has 140 valence electrons. The standard InChI is InChI=1S/C21H23N3OS2/c1-2-12-24(16-10-11-22-13-16)21(25)17-14-26-20(23-17)19-9-8-18(27-19)15-6-4-3-5-7-15/h3-9,14,16,22H,2,10-13H2,1H3/t16-/m1/s1. The second-order valence-electron chi connectivity index (χ2n) is 6.71. The average molecular weight is 398 g/mol. The number of nitrogens with zero attached hydrogens (tertiary/aromatic N) is 2. The first-order valence-corrected chi connectivity index (χ1v) is 11.1. The summed E-state index contributed by atoms with van der Waals surface area (Å²) in [7, 11) is 0. The summed E-state index contributed by atoms with van der Waals surface area (Å²) < 4.78 is 0. The molecule has 0 bridgehead atoms. The lowest BCUT2D eigenvalue weighted by atomic mass is 10.2. The molecule has 0 radical (unpaired) electrons. The van der Waals surface area contributed by atoms with Crippen molar-refractivity contribution >= 4 is 28.6 Å². The van der Waals surface area contributed by atoms with Crippen LogP contribution in [0.3, 0.4) is 0 Å². The molecule has 1 aromatic carbocycles. The van der Waals surface area contributed by atoms with Crippen LogP contribution in [0.1, 0.15) is 30.3 Å². The molecule has 0 spiro atoms. The number of benzene rings is 1. The average Bonchev–Trinajstić information content (AvgIpc) is 3.47. The third kappa shape index (κ3) is 3.98. The highest BCUT2D eigenvalue weighted by Crippen LogP contribution is 2.36. The molecule has 3 heterocycles. The van der Waals surface area contributed by atoms with Gasteiger partial charge in [0.2, 0.25) is 0 Å². The van der Waals surface area contributed by atoms with Gasteiger partial charge in [0, 0.05) is 29.4 Å². The van der Waals surface area contributed by atoms with Crippen LogP contribution in [0.5, 0.6) is 0 Å². The first-order valence-electron chi connectivity index (χ1n) is 9.39. The largest absolute Gasteiger partial charge is 0.333 e. The molecule has 2 aromatic heterocycles. The minimum absolute atomic E-state index is 0.0629. The molecule has 0 aliphatic carbocycles. The van der Waals surface area contributed by atoms with Gasteiger partial charge in [0.1, 0.15) is 10.7 Å². The number of rotatable bonds is 6. The predicted octanol–water partition coefficient (Wildman–Crippen LogP) is 4.75. The van der Waals surface area contributed by atoms with E-state index in [1.54, 1.807) is 22.7 Å². The van der Waals surface area contributed by atoms with Crippen LogP contribution in [0.15, 0.2) is 47.8 Å². The Morgan fingerprint density at radius 2 is 2.04 bits per heavy atom. The van der Waals surface area contributed by atoms with Crippen molar-refractivity contribution in [1.82, 2.24) is 15.2 Å². The van der Waals surface area contributed by atoms with E-state index in [4.69, 9.17) is 0 Å². The van der Waals surface area contributed by atoms with Gasteiger partial charge in [0.05, 0.1) is 4.88 Å². The Labute approximate surface area is 167 Å². The van der Waals surface area contributed by atoms with Gasteiger partial charge in [-0.15, -0.1) is 22.7 Å². The number of hydrogen-bond acceptors (Lipinski definition) is 5. The van der Waals surface area contributed by atoms with Crippen LogP contribution in [-0.2, 0) is 0 Å². The Kier molecular flexibility index (Phi) is 5.66. The highest BCUT2D eigenvalue weighted by Gasteiger charge is 2.28. The lowest BCUT2D eigenvalue weighted by Crippen LogP contribution is -2.42. The van der Waals surface area contributed by atoms with Gasteiger partial charge >= 0.3 is 0 Å². The molecule has 1 aliphatic heterocycles. The Bertz CT molecular complexity index is 897. The van der Waals surface area contributed by atoms with E-state index >= 15 is 0 Å². The van der Waals surface area contributed by atoms with Gasteiger partial charge in [-0.25, -0.2) is 4.98 Å². The number of thiophene rings is 1. The summed E-state index contributed by atoms with van der Waals surface area (Å²) in [5.74, 6) is 0.0629. The maximum Gasteiger partial charge on any atom is 0.273 e. The number of carbonyl (C=O) groups is 1. The Hall–Kier alpha value is -2.02. The zero-order chi connectivity index (χ0) is 18.6. The fourth-order valence-electron chi connectivity index (χ4n) is 3.44. The van der Waals surface area contributed by atoms with E-state index in [-0.39, 0.29) is 11.9 Å². The molecule has 0 unspecified atom stereocenters. The molecule has 1 N–H and O–H groups in total. The lowest BCUT2D eigenvalue weighted by molar-refractivity contribution is 0.0687. The fraction of sp³-hybridized carbons (Fsp3) is 0.333. The van der Waals surface area contributed by atoms with Crippen molar-refractivity contribution in [2.75, 3.05) is 19.6 Å². The van der Waals surface area contributed by atoms with Gasteiger partial charge in [-0.05, 0) is 37.1 Å². The van der Waals surface area contributed by atoms with Gasteiger partial charge in [0.25, 0.3) is 5.91 Å². The van der Waals surface area contributed by atoms with E-state index in [1.165, 1.54) is 10.4 Å². The van der Waals surface area contributed by atoms with E-state index in [0.717, 1.165) is 42.4 Å². The van der Waals surface area contributed by atoms with Gasteiger partial charge in [-0.3, -0.25) is 4.79 Å². The molecule has 0 saturated carbocycles. The number of carbonyl (C=O) groups excluding carboxylic acids is 1. The first-order chi connectivity index (χ1) is 13.3. The summed E-state index contributed by atoms with van der Waals surface area (Å²) in [6.45, 7) is 4.77. The van der Waals surface area contributed by atoms with Crippen molar-refractivity contribution in [3.8, 4) is 20.3 Å². The number of thiazole rings is 1. The van der Waals surface area contributed by atoms with Crippen molar-refractivity contribution < 1.29 is 4.79 Å². The number of hydrogen-bond donors (Lipinski definition) is 1. The number of aromatic nitrogens is 1. The summed E-state index contributed by atoms with van der Waals surface area (Å²) in [5, 5.41) is 6.19. The van der Waals surface area contributed by atoms with Crippen LogP contribution in [0.2, 0.25) is 0 Å². The van der Waals surface area contributed by atoms with Gasteiger partial charge in [0.15, 0.2) is 0 Å². The first kappa shape index (κ1) is 18.3. The summed E-state index contributed by atoms with van der Waals surface area (Å²) in [6, 6.07) is 14.9. The monoisotopic (exact) mass is 397 g/mol. The van der Waals surface area contributed by atoms with Gasteiger partial charge < -0.3 is 10.2 Å². The SMILES string of the molecule is CCCN(C(=O)c1csc(-c2ccc(-c3ccccc3)s2)n1)[C@@H]1CCNC1. The number of nitrogens with one attached hydrogen (secondary N) is 1. The maximum atomic E-state index is 13.0. The van der Waals surface area contributed by atoms with Gasteiger partial charge in [-0.2, -0.15) is 0 Å². The second-order valence-corrected chi connectivity index (χ2v) is 8.65. The van der Waals surface area contributed by atoms with Crippen LogP contribution >= 0.6 is 22.7 Å². The number of amides is 1. The molecule has 1 atom stereocenters. The van der Waals surface area contributed by atoms with Crippen LogP contribution < -0.4 is 5.32 Å². The predicted molar refractivity (Wildman–Crippen MR) is 113 cm³/mol. The molecule has 3 aromatic rings. The normalized spacial score (nSPS) is 16.6. The van der Waals surface area contributed by atoms with E-state index in [0.29, 0.717) is 5.69 Å². The molecule has 6 heteroatoms. The van der Waals surface area contributed by atoms with Crippen molar-refractivity contribution in [2.24, 2.45) is 0 Å². The molecule has 1 saturated heterocycles. The van der Waals surface area contributed by atoms with Crippen LogP contribution in [0.25, 0.3) is 20.3 Å². The molecular weight excluding hydrogens is 374 g/mol. The zero-order valence-electron chi connectivity index (χ0n) is 15.4. The molecule has 27 heavy (non-hydrogen) atoms. The summed E-state index contributed by atoms with van der Waals surface area (Å²) in [4.78, 5) is 22.1. The van der Waals surface area contributed by atoms with E-state index in [2.05, 4.69) is 53.6 Å². The topological polar surface area (TPSA) is 45.2 Å². The Morgan fingerprint density at radius 3 is 2.78 bits per heavy atom. The van der Waals surface area contributed by atoms with Crippen LogP contribution in [0.4, 0.5) is 0 Å². The molecular formula is C21H23N3OS2. The summed E-state index contributed by atoms with van der Waals surface area (Å²) in [5.41, 5.74) is 1.79. The molecule has 1 fully saturated rings. The molecule has 4 rings (SSSR count). The fourth-order valence-corrected chi connectivity index (χ4v) is 5.32. The van der Waals surface area contributed by atoms with Gasteiger partial charge in [-0.1, -0.05) is 37.3 Å². The van der Waals surface area contributed by atoms with E-state index in [9.17, 15) is 4.79 Å². The van der Waals surface area contributed by atoms with Crippen LogP contribution in [-0.4, -0.2) is 41.5 Å². The van der Waals surface area contributed by atoms with E-state index < -0.39 is 0 Å². The quantitative estimate of drug-likeness (QED) is 0.653. The third-order valence-electron chi connectivity index (χ3n) is 4.80. The smallest absolute Gasteiger partial charge is 0.273 e. The lowest BCUT2D eigenvalue weighted by Gasteiger charge is -2.27. The summed E-state index contributed by atoms with van der Waals surface area (Å²) in [6.07, 6.45) is 1.98. The third-order valence-corrected chi connectivity index (χ3v) is 6.94. The minimum atomic E-state index is 0.0629. The van der Waals surface area contributed by atoms with Crippen molar-refractivity contribution in [1.29, 1.82) is 0 Å². The van der Waals surface area contributed by atoms with Crippen LogP contribution in [0, 0.1) is 0 Å². The zero-order valence-corrected chi connectivity index (χ0v) is 17.0. The minimum Gasteiger partial charge on any atom is -0.333 e. The highest BCUT2D eigenvalue weighted by molar-refractivity contribution is 7.23. The molecule has 1 amide bonds.